The van der Waals surface area contributed by atoms with Crippen LogP contribution in [-0.4, -0.2) is 6.61 Å². The van der Waals surface area contributed by atoms with Gasteiger partial charge in [0.15, 0.2) is 0 Å². The second-order valence-corrected chi connectivity index (χ2v) is 2.47. The van der Waals surface area contributed by atoms with E-state index in [0.29, 0.717) is 0 Å². The molecule has 0 saturated carbocycles. The zero-order valence-electron chi connectivity index (χ0n) is 7.07. The van der Waals surface area contributed by atoms with Crippen molar-refractivity contribution in [2.75, 3.05) is 6.61 Å². The number of hydrogen-bond donors (Lipinski definition) is 0. The van der Waals surface area contributed by atoms with Crippen molar-refractivity contribution in [2.45, 2.75) is 45.4 Å². The van der Waals surface area contributed by atoms with Crippen LogP contribution in [0.1, 0.15) is 45.4 Å². The summed E-state index contributed by atoms with van der Waals surface area (Å²) in [4.78, 5) is 0. The van der Waals surface area contributed by atoms with Crippen LogP contribution >= 0.6 is 9.90 Å². The largest absolute Gasteiger partial charge is 0.237 e. The van der Waals surface area contributed by atoms with Gasteiger partial charge in [-0.15, -0.1) is 0 Å². The van der Waals surface area contributed by atoms with Crippen LogP contribution in [0.5, 0.6) is 0 Å². The van der Waals surface area contributed by atoms with Crippen molar-refractivity contribution < 1.29 is 5.11 Å². The summed E-state index contributed by atoms with van der Waals surface area (Å²) in [5.74, 6) is 0. The molecule has 0 bridgehead atoms. The zero-order valence-corrected chi connectivity index (χ0v) is 8.48. The second kappa shape index (κ2) is 12.1. The van der Waals surface area contributed by atoms with Crippen molar-refractivity contribution in [3.63, 3.8) is 0 Å². The molecule has 0 N–H and O–H groups in total. The molecule has 10 heavy (non-hydrogen) atoms. The van der Waals surface area contributed by atoms with E-state index in [1.807, 2.05) is 0 Å². The molecule has 0 aliphatic heterocycles. The Morgan fingerprint density at radius 2 is 1.40 bits per heavy atom. The van der Waals surface area contributed by atoms with Crippen molar-refractivity contribution in [1.82, 2.24) is 0 Å². The molecular formula is C8H20OP. The van der Waals surface area contributed by atoms with Crippen molar-refractivity contribution in [3.8, 4) is 0 Å². The van der Waals surface area contributed by atoms with Gasteiger partial charge >= 0.3 is 0 Å². The molecule has 1 nitrogen and oxygen atoms in total. The van der Waals surface area contributed by atoms with Crippen LogP contribution in [0.3, 0.4) is 0 Å². The van der Waals surface area contributed by atoms with Gasteiger partial charge in [-0.25, -0.2) is 5.11 Å². The van der Waals surface area contributed by atoms with E-state index in [1.165, 1.54) is 25.7 Å². The lowest BCUT2D eigenvalue weighted by Crippen LogP contribution is -1.81. The number of hydrogen-bond acceptors (Lipinski definition) is 0. The minimum Gasteiger partial charge on any atom is -0.237 e. The van der Waals surface area contributed by atoms with Crippen LogP contribution in [0.4, 0.5) is 0 Å². The summed E-state index contributed by atoms with van der Waals surface area (Å²) in [5, 5.41) is 9.96. The van der Waals surface area contributed by atoms with Crippen molar-refractivity contribution in [3.05, 3.63) is 0 Å². The van der Waals surface area contributed by atoms with Crippen molar-refractivity contribution >= 4 is 9.90 Å². The predicted molar refractivity (Wildman–Crippen MR) is 50.0 cm³/mol. The summed E-state index contributed by atoms with van der Waals surface area (Å²) < 4.78 is 0. The highest BCUT2D eigenvalue weighted by atomic mass is 31.0. The lowest BCUT2D eigenvalue weighted by Gasteiger charge is -1.95. The normalized spacial score (nSPS) is 9.00. The summed E-state index contributed by atoms with van der Waals surface area (Å²) in [5.41, 5.74) is 0. The first kappa shape index (κ1) is 13.0. The maximum absolute atomic E-state index is 9.96. The van der Waals surface area contributed by atoms with E-state index in [2.05, 4.69) is 6.92 Å². The van der Waals surface area contributed by atoms with Gasteiger partial charge in [0.2, 0.25) is 0 Å². The molecule has 1 radical (unpaired) electrons. The van der Waals surface area contributed by atoms with Crippen LogP contribution in [-0.2, 0) is 5.11 Å². The SMILES string of the molecule is CCCCCCCC[O].P. The van der Waals surface area contributed by atoms with E-state index in [9.17, 15) is 5.11 Å². The fourth-order valence-corrected chi connectivity index (χ4v) is 0.882. The summed E-state index contributed by atoms with van der Waals surface area (Å²) in [6.45, 7) is 2.32. The van der Waals surface area contributed by atoms with Crippen LogP contribution in [0.15, 0.2) is 0 Å². The summed E-state index contributed by atoms with van der Waals surface area (Å²) in [6, 6.07) is 0. The molecule has 0 aliphatic rings. The molecule has 0 amide bonds. The molecular weight excluding hydrogens is 143 g/mol. The molecule has 0 aromatic rings. The maximum atomic E-state index is 9.96. The van der Waals surface area contributed by atoms with Gasteiger partial charge in [0.05, 0.1) is 6.61 Å². The molecule has 0 rings (SSSR count). The highest BCUT2D eigenvalue weighted by molar-refractivity contribution is 6.92. The molecule has 0 spiro atoms. The van der Waals surface area contributed by atoms with E-state index >= 15 is 0 Å². The summed E-state index contributed by atoms with van der Waals surface area (Å²) in [6.07, 6.45) is 7.22. The van der Waals surface area contributed by atoms with Gasteiger partial charge in [-0.1, -0.05) is 39.0 Å². The first-order valence-electron chi connectivity index (χ1n) is 4.00. The minimum atomic E-state index is 0. The Morgan fingerprint density at radius 1 is 0.900 bits per heavy atom. The Balaban J connectivity index is 0. The van der Waals surface area contributed by atoms with E-state index in [0.717, 1.165) is 12.8 Å². The fourth-order valence-electron chi connectivity index (χ4n) is 0.882. The average molecular weight is 163 g/mol. The van der Waals surface area contributed by atoms with Gasteiger partial charge in [-0.2, -0.15) is 9.90 Å². The third-order valence-electron chi connectivity index (χ3n) is 1.50. The summed E-state index contributed by atoms with van der Waals surface area (Å²) >= 11 is 0. The average Bonchev–Trinajstić information content (AvgIpc) is 1.89. The topological polar surface area (TPSA) is 19.9 Å². The quantitative estimate of drug-likeness (QED) is 0.424. The van der Waals surface area contributed by atoms with Crippen LogP contribution in [0, 0.1) is 0 Å². The lowest BCUT2D eigenvalue weighted by atomic mass is 10.1. The molecule has 0 heterocycles. The summed E-state index contributed by atoms with van der Waals surface area (Å²) in [7, 11) is 0. The molecule has 2 heteroatoms. The Bertz CT molecular complexity index is 42.5. The first-order chi connectivity index (χ1) is 4.41. The smallest absolute Gasteiger partial charge is 0.0822 e. The Kier molecular flexibility index (Phi) is 15.8. The number of rotatable bonds is 6. The van der Waals surface area contributed by atoms with Crippen LogP contribution in [0.2, 0.25) is 0 Å². The van der Waals surface area contributed by atoms with Gasteiger partial charge in [0.25, 0.3) is 0 Å². The minimum absolute atomic E-state index is 0. The third-order valence-corrected chi connectivity index (χ3v) is 1.50. The molecule has 0 saturated heterocycles. The molecule has 0 aromatic carbocycles. The molecule has 1 atom stereocenters. The van der Waals surface area contributed by atoms with Gasteiger partial charge in [-0.05, 0) is 6.42 Å². The first-order valence-corrected chi connectivity index (χ1v) is 4.00. The Labute approximate surface area is 67.8 Å². The second-order valence-electron chi connectivity index (χ2n) is 2.47. The van der Waals surface area contributed by atoms with Crippen molar-refractivity contribution in [1.29, 1.82) is 0 Å². The standard InChI is InChI=1S/C8H17O.H3P/c1-2-3-4-5-6-7-8-9;/h2-8H2,1H3;1H3. The Hall–Kier alpha value is 0.390. The highest BCUT2D eigenvalue weighted by Crippen LogP contribution is 2.03. The zero-order chi connectivity index (χ0) is 6.95. The van der Waals surface area contributed by atoms with Crippen LogP contribution < -0.4 is 0 Å². The van der Waals surface area contributed by atoms with E-state index < -0.39 is 0 Å². The molecule has 0 aliphatic carbocycles. The van der Waals surface area contributed by atoms with Gasteiger partial charge in [-0.3, -0.25) is 0 Å². The van der Waals surface area contributed by atoms with E-state index in [-0.39, 0.29) is 16.5 Å². The lowest BCUT2D eigenvalue weighted by molar-refractivity contribution is 0.186. The molecule has 0 aromatic heterocycles. The van der Waals surface area contributed by atoms with Gasteiger partial charge in [0.1, 0.15) is 0 Å². The molecule has 1 unspecified atom stereocenters. The number of unbranched alkanes of at least 4 members (excludes halogenated alkanes) is 5. The van der Waals surface area contributed by atoms with Crippen molar-refractivity contribution in [2.24, 2.45) is 0 Å². The molecule has 63 valence electrons. The van der Waals surface area contributed by atoms with Crippen LogP contribution in [0.25, 0.3) is 0 Å². The maximum Gasteiger partial charge on any atom is 0.0822 e. The third kappa shape index (κ3) is 11.2. The van der Waals surface area contributed by atoms with E-state index in [1.54, 1.807) is 0 Å². The Morgan fingerprint density at radius 3 is 1.90 bits per heavy atom. The van der Waals surface area contributed by atoms with Gasteiger partial charge in [0, 0.05) is 0 Å². The molecule has 0 fully saturated rings. The van der Waals surface area contributed by atoms with Gasteiger partial charge < -0.3 is 0 Å². The predicted octanol–water partition coefficient (Wildman–Crippen LogP) is 2.84. The fraction of sp³-hybridized carbons (Fsp3) is 1.00. The monoisotopic (exact) mass is 163 g/mol. The highest BCUT2D eigenvalue weighted by Gasteiger charge is 1.86. The van der Waals surface area contributed by atoms with E-state index in [4.69, 9.17) is 0 Å².